The smallest absolute Gasteiger partial charge is 0.412 e. The van der Waals surface area contributed by atoms with Gasteiger partial charge in [-0.3, -0.25) is 14.8 Å². The fourth-order valence-corrected chi connectivity index (χ4v) is 2.70. The number of nitrogens with one attached hydrogen (secondary N) is 1. The highest BCUT2D eigenvalue weighted by molar-refractivity contribution is 6.47. The van der Waals surface area contributed by atoms with Crippen molar-refractivity contribution in [2.75, 3.05) is 21.2 Å². The van der Waals surface area contributed by atoms with Gasteiger partial charge in [-0.1, -0.05) is 41.6 Å². The van der Waals surface area contributed by atoms with E-state index in [0.717, 1.165) is 23.3 Å². The lowest BCUT2D eigenvalue weighted by molar-refractivity contribution is -0.137. The van der Waals surface area contributed by atoms with Crippen molar-refractivity contribution in [3.8, 4) is 0 Å². The molecule has 0 aliphatic carbocycles. The normalized spacial score (nSPS) is 12.9. The second-order valence-electron chi connectivity index (χ2n) is 6.14. The van der Waals surface area contributed by atoms with E-state index in [1.807, 2.05) is 24.3 Å². The number of amidine groups is 1. The van der Waals surface area contributed by atoms with E-state index >= 15 is 0 Å². The summed E-state index contributed by atoms with van der Waals surface area (Å²) in [4.78, 5) is 18.8. The zero-order chi connectivity index (χ0) is 22.1. The fraction of sp³-hybridized carbons (Fsp3) is 0.286. The van der Waals surface area contributed by atoms with Crippen LogP contribution < -0.4 is 5.48 Å². The van der Waals surface area contributed by atoms with Crippen LogP contribution in [0.25, 0.3) is 0 Å². The summed E-state index contributed by atoms with van der Waals surface area (Å²) in [5.41, 5.74) is 4.71. The van der Waals surface area contributed by atoms with Crippen molar-refractivity contribution in [1.82, 2.24) is 5.48 Å². The lowest BCUT2D eigenvalue weighted by Crippen LogP contribution is -2.31. The average molecular weight is 438 g/mol. The number of hydrogen-bond acceptors (Lipinski definition) is 5. The van der Waals surface area contributed by atoms with Crippen molar-refractivity contribution >= 4 is 17.3 Å². The number of hydroxylamine groups is 1. The Morgan fingerprint density at radius 1 is 1.03 bits per heavy atom. The first-order valence-electron chi connectivity index (χ1n) is 8.97. The quantitative estimate of drug-likeness (QED) is 0.407. The Morgan fingerprint density at radius 2 is 1.74 bits per heavy atom. The van der Waals surface area contributed by atoms with Gasteiger partial charge in [0.05, 0.1) is 18.4 Å². The molecule has 168 valence electrons. The Morgan fingerprint density at radius 3 is 2.35 bits per heavy atom. The minimum Gasteiger partial charge on any atom is -0.412 e. The zero-order valence-electron chi connectivity index (χ0n) is 17.6. The molecular weight excluding hydrogens is 413 g/mol. The summed E-state index contributed by atoms with van der Waals surface area (Å²) in [5.74, 6) is 0.441. The third kappa shape index (κ3) is 6.90. The third-order valence-electron chi connectivity index (χ3n) is 4.17. The molecule has 7 nitrogen and oxygen atoms in total. The molecule has 0 heterocycles. The van der Waals surface area contributed by atoms with Crippen molar-refractivity contribution < 1.29 is 28.3 Å². The van der Waals surface area contributed by atoms with Gasteiger partial charge in [-0.05, 0) is 24.6 Å². The van der Waals surface area contributed by atoms with Crippen LogP contribution in [0.1, 0.15) is 29.2 Å². The van der Waals surface area contributed by atoms with E-state index in [2.05, 4.69) is 20.6 Å². The molecule has 2 aromatic rings. The van der Waals surface area contributed by atoms with Gasteiger partial charge < -0.3 is 10.3 Å². The average Bonchev–Trinajstić information content (AvgIpc) is 2.74. The lowest BCUT2D eigenvalue weighted by Gasteiger charge is -2.13. The van der Waals surface area contributed by atoms with Gasteiger partial charge >= 0.3 is 6.18 Å². The molecule has 0 radical (unpaired) electrons. The fourth-order valence-electron chi connectivity index (χ4n) is 2.70. The van der Waals surface area contributed by atoms with E-state index < -0.39 is 11.7 Å². The van der Waals surface area contributed by atoms with Gasteiger partial charge in [0, 0.05) is 25.2 Å². The van der Waals surface area contributed by atoms with Crippen molar-refractivity contribution in [2.45, 2.75) is 19.7 Å². The molecule has 0 saturated carbocycles. The molecule has 0 bridgehead atoms. The van der Waals surface area contributed by atoms with Gasteiger partial charge in [-0.15, -0.1) is 0 Å². The molecule has 0 amide bonds. The van der Waals surface area contributed by atoms with Gasteiger partial charge in [0.2, 0.25) is 0 Å². The van der Waals surface area contributed by atoms with Crippen LogP contribution in [0.3, 0.4) is 0 Å². The largest absolute Gasteiger partial charge is 0.416 e. The van der Waals surface area contributed by atoms with E-state index in [9.17, 15) is 13.2 Å². The van der Waals surface area contributed by atoms with Crippen LogP contribution in [-0.4, -0.2) is 43.9 Å². The number of benzene rings is 2. The standard InChI is InChI=1S/C21H23F3N4O2.H2O/c1-14(15-9-7-10-17(12-15)21(22,23)24)27-30-13-16-8-5-6-11-18(16)19(25-2)20(26-3)28-29-4;/h5-12H,13H2,1-4H3,(H,26,28);1H2/b25-19?,27-14+;. The summed E-state index contributed by atoms with van der Waals surface area (Å²) >= 11 is 0. The van der Waals surface area contributed by atoms with Crippen LogP contribution in [0.2, 0.25) is 0 Å². The molecule has 0 aliphatic rings. The molecule has 0 aliphatic heterocycles. The first-order valence-corrected chi connectivity index (χ1v) is 8.97. The summed E-state index contributed by atoms with van der Waals surface area (Å²) in [6, 6.07) is 12.3. The van der Waals surface area contributed by atoms with Crippen molar-refractivity contribution in [2.24, 2.45) is 15.1 Å². The number of rotatable bonds is 7. The number of aliphatic imine (C=N–C) groups is 2. The summed E-state index contributed by atoms with van der Waals surface area (Å²) in [7, 11) is 4.71. The van der Waals surface area contributed by atoms with Crippen molar-refractivity contribution in [3.05, 3.63) is 70.8 Å². The Balaban J connectivity index is 0.00000480. The second kappa shape index (κ2) is 11.8. The molecular formula is C21H25F3N4O3. The summed E-state index contributed by atoms with van der Waals surface area (Å²) < 4.78 is 38.7. The number of oxime groups is 1. The predicted octanol–water partition coefficient (Wildman–Crippen LogP) is 3.42. The van der Waals surface area contributed by atoms with Crippen LogP contribution in [0.15, 0.2) is 63.7 Å². The number of nitrogens with zero attached hydrogens (tertiary/aromatic N) is 3. The van der Waals surface area contributed by atoms with Crippen LogP contribution in [-0.2, 0) is 22.5 Å². The lowest BCUT2D eigenvalue weighted by atomic mass is 10.0. The zero-order valence-corrected chi connectivity index (χ0v) is 17.6. The highest BCUT2D eigenvalue weighted by atomic mass is 19.4. The van der Waals surface area contributed by atoms with Crippen LogP contribution in [0.4, 0.5) is 13.2 Å². The van der Waals surface area contributed by atoms with E-state index in [-0.39, 0.29) is 12.1 Å². The van der Waals surface area contributed by atoms with Gasteiger partial charge in [-0.25, -0.2) is 5.48 Å². The topological polar surface area (TPSA) is 99.1 Å². The molecule has 0 fully saturated rings. The minimum absolute atomic E-state index is 0. The maximum absolute atomic E-state index is 12.9. The van der Waals surface area contributed by atoms with Crippen LogP contribution in [0, 0.1) is 0 Å². The second-order valence-corrected chi connectivity index (χ2v) is 6.14. The van der Waals surface area contributed by atoms with Gasteiger partial charge in [0.1, 0.15) is 12.3 Å². The SMILES string of the molecule is CN=C(NOC)C(=NC)c1ccccc1CO/N=C(\C)c1cccc(C(F)(F)F)c1.O. The van der Waals surface area contributed by atoms with E-state index in [0.29, 0.717) is 22.8 Å². The molecule has 2 aromatic carbocycles. The van der Waals surface area contributed by atoms with Gasteiger partial charge in [0.25, 0.3) is 0 Å². The number of alkyl halides is 3. The van der Waals surface area contributed by atoms with Crippen molar-refractivity contribution in [3.63, 3.8) is 0 Å². The van der Waals surface area contributed by atoms with Crippen LogP contribution >= 0.6 is 0 Å². The molecule has 0 atom stereocenters. The van der Waals surface area contributed by atoms with E-state index in [4.69, 9.17) is 9.68 Å². The van der Waals surface area contributed by atoms with Crippen molar-refractivity contribution in [1.29, 1.82) is 0 Å². The molecule has 10 heteroatoms. The first-order chi connectivity index (χ1) is 14.3. The molecule has 0 aromatic heterocycles. The van der Waals surface area contributed by atoms with Crippen LogP contribution in [0.5, 0.6) is 0 Å². The van der Waals surface area contributed by atoms with Gasteiger partial charge in [0.15, 0.2) is 5.84 Å². The number of halogens is 3. The highest BCUT2D eigenvalue weighted by Gasteiger charge is 2.30. The van der Waals surface area contributed by atoms with E-state index in [1.54, 1.807) is 27.1 Å². The molecule has 0 saturated heterocycles. The molecule has 31 heavy (non-hydrogen) atoms. The Kier molecular flexibility index (Phi) is 9.84. The minimum atomic E-state index is -4.42. The Labute approximate surface area is 178 Å². The maximum Gasteiger partial charge on any atom is 0.416 e. The summed E-state index contributed by atoms with van der Waals surface area (Å²) in [6.45, 7) is 1.68. The monoisotopic (exact) mass is 438 g/mol. The van der Waals surface area contributed by atoms with E-state index in [1.165, 1.54) is 13.2 Å². The summed E-state index contributed by atoms with van der Waals surface area (Å²) in [6.07, 6.45) is -4.42. The van der Waals surface area contributed by atoms with Gasteiger partial charge in [-0.2, -0.15) is 13.2 Å². The Hall–Kier alpha value is -3.24. The third-order valence-corrected chi connectivity index (χ3v) is 4.17. The maximum atomic E-state index is 12.9. The Bertz CT molecular complexity index is 957. The molecule has 0 spiro atoms. The number of hydrogen-bond donors (Lipinski definition) is 1. The highest BCUT2D eigenvalue weighted by Crippen LogP contribution is 2.29. The first kappa shape index (κ1) is 25.8. The summed E-state index contributed by atoms with van der Waals surface area (Å²) in [5, 5.41) is 3.98. The molecule has 3 N–H and O–H groups in total. The predicted molar refractivity (Wildman–Crippen MR) is 114 cm³/mol. The molecule has 0 unspecified atom stereocenters. The molecule has 2 rings (SSSR count).